The number of benzene rings is 2. The molecule has 0 radical (unpaired) electrons. The summed E-state index contributed by atoms with van der Waals surface area (Å²) >= 11 is 5.18. The molecule has 0 aliphatic heterocycles. The van der Waals surface area contributed by atoms with Crippen LogP contribution in [0.5, 0.6) is 0 Å². The zero-order valence-corrected chi connectivity index (χ0v) is 19.1. The van der Waals surface area contributed by atoms with E-state index in [1.54, 1.807) is 24.3 Å². The van der Waals surface area contributed by atoms with Gasteiger partial charge in [0.25, 0.3) is 5.91 Å². The molecule has 9 heteroatoms. The number of para-hydroxylation sites is 1. The fourth-order valence-corrected chi connectivity index (χ4v) is 2.90. The van der Waals surface area contributed by atoms with Crippen LogP contribution in [-0.4, -0.2) is 43.2 Å². The molecule has 3 N–H and O–H groups in total. The Bertz CT molecular complexity index is 993. The Kier molecular flexibility index (Phi) is 9.77. The minimum Gasteiger partial charge on any atom is -0.463 e. The summed E-state index contributed by atoms with van der Waals surface area (Å²) in [5.41, 5.74) is 3.69. The lowest BCUT2D eigenvalue weighted by Gasteiger charge is -2.14. The largest absolute Gasteiger partial charge is 0.463 e. The maximum Gasteiger partial charge on any atom is 0.306 e. The first-order chi connectivity index (χ1) is 15.3. The maximum absolute atomic E-state index is 12.8. The molecule has 0 aliphatic rings. The van der Waals surface area contributed by atoms with Gasteiger partial charge in [-0.3, -0.25) is 14.4 Å². The lowest BCUT2D eigenvalue weighted by Crippen LogP contribution is -2.35. The van der Waals surface area contributed by atoms with E-state index < -0.39 is 11.9 Å². The number of thiocarbonyl (C=S) groups is 1. The second-order valence-electron chi connectivity index (χ2n) is 7.01. The number of esters is 1. The van der Waals surface area contributed by atoms with Crippen LogP contribution >= 0.6 is 12.2 Å². The summed E-state index contributed by atoms with van der Waals surface area (Å²) in [4.78, 5) is 36.4. The molecule has 0 saturated heterocycles. The first kappa shape index (κ1) is 25.0. The van der Waals surface area contributed by atoms with E-state index in [1.807, 2.05) is 32.0 Å². The molecule has 2 amide bonds. The fraction of sp³-hybridized carbons (Fsp3) is 0.304. The van der Waals surface area contributed by atoms with Crippen molar-refractivity contribution in [2.75, 3.05) is 31.0 Å². The quantitative estimate of drug-likeness (QED) is 0.301. The molecule has 0 bridgehead atoms. The van der Waals surface area contributed by atoms with Crippen molar-refractivity contribution in [2.24, 2.45) is 0 Å². The van der Waals surface area contributed by atoms with E-state index in [2.05, 4.69) is 16.0 Å². The average Bonchev–Trinajstić information content (AvgIpc) is 2.75. The standard InChI is InChI=1S/C23H27N3O5S/c1-15-8-9-17(14-16(15)2)24-22(29)18-6-4-5-7-19(18)25-23(32)26-20(27)10-11-21(28)31-13-12-30-3/h4-9,14H,10-13H2,1-3H3,(H,24,29)(H2,25,26,27,32). The normalized spacial score (nSPS) is 10.2. The summed E-state index contributed by atoms with van der Waals surface area (Å²) in [5, 5.41) is 8.25. The fourth-order valence-electron chi connectivity index (χ4n) is 2.68. The van der Waals surface area contributed by atoms with Gasteiger partial charge in [-0.15, -0.1) is 0 Å². The zero-order chi connectivity index (χ0) is 23.5. The Morgan fingerprint density at radius 1 is 0.938 bits per heavy atom. The molecule has 0 unspecified atom stereocenters. The highest BCUT2D eigenvalue weighted by molar-refractivity contribution is 7.80. The average molecular weight is 458 g/mol. The van der Waals surface area contributed by atoms with Crippen molar-refractivity contribution in [3.8, 4) is 0 Å². The van der Waals surface area contributed by atoms with Crippen molar-refractivity contribution in [1.29, 1.82) is 0 Å². The molecular weight excluding hydrogens is 430 g/mol. The number of anilines is 2. The van der Waals surface area contributed by atoms with E-state index in [4.69, 9.17) is 21.7 Å². The van der Waals surface area contributed by atoms with Gasteiger partial charge in [0, 0.05) is 19.2 Å². The molecule has 8 nitrogen and oxygen atoms in total. The Morgan fingerprint density at radius 3 is 2.41 bits per heavy atom. The van der Waals surface area contributed by atoms with Crippen molar-refractivity contribution in [3.63, 3.8) is 0 Å². The number of hydrogen-bond donors (Lipinski definition) is 3. The number of methoxy groups -OCH3 is 1. The van der Waals surface area contributed by atoms with Gasteiger partial charge in [0.1, 0.15) is 6.61 Å². The lowest BCUT2D eigenvalue weighted by atomic mass is 10.1. The number of ether oxygens (including phenoxy) is 2. The Balaban J connectivity index is 1.92. The molecule has 0 aliphatic carbocycles. The van der Waals surface area contributed by atoms with Gasteiger partial charge in [-0.1, -0.05) is 18.2 Å². The molecule has 0 saturated carbocycles. The molecule has 0 heterocycles. The molecule has 2 aromatic rings. The predicted molar refractivity (Wildman–Crippen MR) is 127 cm³/mol. The van der Waals surface area contributed by atoms with E-state index >= 15 is 0 Å². The van der Waals surface area contributed by atoms with E-state index in [1.165, 1.54) is 7.11 Å². The predicted octanol–water partition coefficient (Wildman–Crippen LogP) is 3.34. The number of carbonyl (C=O) groups excluding carboxylic acids is 3. The van der Waals surface area contributed by atoms with Gasteiger partial charge in [-0.25, -0.2) is 0 Å². The van der Waals surface area contributed by atoms with Crippen LogP contribution in [0.15, 0.2) is 42.5 Å². The molecule has 2 aromatic carbocycles. The van der Waals surface area contributed by atoms with Gasteiger partial charge < -0.3 is 25.4 Å². The number of aryl methyl sites for hydroxylation is 2. The summed E-state index contributed by atoms with van der Waals surface area (Å²) in [6.45, 7) is 4.40. The Hall–Kier alpha value is -3.30. The van der Waals surface area contributed by atoms with Crippen molar-refractivity contribution in [3.05, 3.63) is 59.2 Å². The van der Waals surface area contributed by atoms with E-state index in [0.717, 1.165) is 11.1 Å². The maximum atomic E-state index is 12.8. The molecule has 0 fully saturated rings. The monoisotopic (exact) mass is 457 g/mol. The van der Waals surface area contributed by atoms with E-state index in [9.17, 15) is 14.4 Å². The van der Waals surface area contributed by atoms with Crippen molar-refractivity contribution < 1.29 is 23.9 Å². The topological polar surface area (TPSA) is 106 Å². The first-order valence-corrected chi connectivity index (χ1v) is 10.4. The number of carbonyl (C=O) groups is 3. The van der Waals surface area contributed by atoms with Crippen LogP contribution in [0, 0.1) is 13.8 Å². The Labute approximate surface area is 192 Å². The second kappa shape index (κ2) is 12.5. The van der Waals surface area contributed by atoms with Gasteiger partial charge in [0.2, 0.25) is 5.91 Å². The van der Waals surface area contributed by atoms with Crippen LogP contribution in [0.3, 0.4) is 0 Å². The van der Waals surface area contributed by atoms with Crippen LogP contribution in [0.2, 0.25) is 0 Å². The SMILES string of the molecule is COCCOC(=O)CCC(=O)NC(=S)Nc1ccccc1C(=O)Nc1ccc(C)c(C)c1. The highest BCUT2D eigenvalue weighted by Crippen LogP contribution is 2.19. The third-order valence-electron chi connectivity index (χ3n) is 4.54. The molecule has 0 atom stereocenters. The molecule has 0 spiro atoms. The molecular formula is C23H27N3O5S. The van der Waals surface area contributed by atoms with E-state index in [-0.39, 0.29) is 30.5 Å². The van der Waals surface area contributed by atoms with Crippen LogP contribution < -0.4 is 16.0 Å². The molecule has 2 rings (SSSR count). The van der Waals surface area contributed by atoms with Gasteiger partial charge in [0.15, 0.2) is 5.11 Å². The number of hydrogen-bond acceptors (Lipinski definition) is 6. The first-order valence-electron chi connectivity index (χ1n) is 10.0. The molecule has 32 heavy (non-hydrogen) atoms. The number of rotatable bonds is 9. The molecule has 170 valence electrons. The highest BCUT2D eigenvalue weighted by Gasteiger charge is 2.14. The number of amides is 2. The van der Waals surface area contributed by atoms with Gasteiger partial charge in [0.05, 0.1) is 24.3 Å². The zero-order valence-electron chi connectivity index (χ0n) is 18.3. The van der Waals surface area contributed by atoms with E-state index in [0.29, 0.717) is 23.5 Å². The van der Waals surface area contributed by atoms with Crippen LogP contribution in [0.25, 0.3) is 0 Å². The summed E-state index contributed by atoms with van der Waals surface area (Å²) in [6.07, 6.45) is -0.157. The summed E-state index contributed by atoms with van der Waals surface area (Å²) < 4.78 is 9.69. The summed E-state index contributed by atoms with van der Waals surface area (Å²) in [5.74, 6) is -1.25. The second-order valence-corrected chi connectivity index (χ2v) is 7.42. The highest BCUT2D eigenvalue weighted by atomic mass is 32.1. The van der Waals surface area contributed by atoms with Crippen LogP contribution in [-0.2, 0) is 19.1 Å². The minimum absolute atomic E-state index is 0.0224. The summed E-state index contributed by atoms with van der Waals surface area (Å²) in [7, 11) is 1.50. The molecule has 0 aromatic heterocycles. The van der Waals surface area contributed by atoms with Crippen molar-refractivity contribution in [2.45, 2.75) is 26.7 Å². The van der Waals surface area contributed by atoms with Gasteiger partial charge >= 0.3 is 5.97 Å². The Morgan fingerprint density at radius 2 is 1.69 bits per heavy atom. The lowest BCUT2D eigenvalue weighted by molar-refractivity contribution is -0.146. The van der Waals surface area contributed by atoms with Gasteiger partial charge in [-0.05, 0) is 61.5 Å². The third kappa shape index (κ3) is 8.09. The van der Waals surface area contributed by atoms with Crippen LogP contribution in [0.1, 0.15) is 34.3 Å². The third-order valence-corrected chi connectivity index (χ3v) is 4.75. The summed E-state index contributed by atoms with van der Waals surface area (Å²) in [6, 6.07) is 12.5. The van der Waals surface area contributed by atoms with Crippen molar-refractivity contribution in [1.82, 2.24) is 5.32 Å². The van der Waals surface area contributed by atoms with Crippen molar-refractivity contribution >= 4 is 46.5 Å². The minimum atomic E-state index is -0.496. The van der Waals surface area contributed by atoms with Gasteiger partial charge in [-0.2, -0.15) is 0 Å². The van der Waals surface area contributed by atoms with Crippen LogP contribution in [0.4, 0.5) is 11.4 Å². The number of nitrogens with one attached hydrogen (secondary N) is 3. The smallest absolute Gasteiger partial charge is 0.306 e.